The number of amides is 2. The Bertz CT molecular complexity index is 576. The second-order valence-corrected chi connectivity index (χ2v) is 4.14. The van der Waals surface area contributed by atoms with Crippen LogP contribution in [0.3, 0.4) is 0 Å². The van der Waals surface area contributed by atoms with Crippen LogP contribution in [-0.2, 0) is 4.79 Å². The number of fused-ring (bicyclic) bond motifs is 1. The zero-order valence-corrected chi connectivity index (χ0v) is 9.11. The van der Waals surface area contributed by atoms with E-state index in [4.69, 9.17) is 0 Å². The average Bonchev–Trinajstić information content (AvgIpc) is 2.59. The van der Waals surface area contributed by atoms with Crippen molar-refractivity contribution in [2.24, 2.45) is 0 Å². The van der Waals surface area contributed by atoms with Gasteiger partial charge < -0.3 is 5.11 Å². The maximum atomic E-state index is 11.4. The summed E-state index contributed by atoms with van der Waals surface area (Å²) in [6.07, 6.45) is 0. The first kappa shape index (κ1) is 10.6. The average molecular weight is 235 g/mol. The molecule has 1 aromatic heterocycles. The van der Waals surface area contributed by atoms with E-state index in [1.807, 2.05) is 0 Å². The van der Waals surface area contributed by atoms with Crippen molar-refractivity contribution >= 4 is 33.4 Å². The number of aromatic hydroxyl groups is 1. The van der Waals surface area contributed by atoms with Gasteiger partial charge in [-0.15, -0.1) is 11.3 Å². The molecule has 2 rings (SSSR count). The molecule has 1 aromatic carbocycles. The highest BCUT2D eigenvalue weighted by Gasteiger charge is 2.15. The number of carbonyl (C=O) groups is 2. The Morgan fingerprint density at radius 3 is 2.88 bits per heavy atom. The summed E-state index contributed by atoms with van der Waals surface area (Å²) in [6, 6.07) is 4.60. The van der Waals surface area contributed by atoms with Gasteiger partial charge in [-0.3, -0.25) is 9.59 Å². The normalized spacial score (nSPS) is 10.3. The minimum Gasteiger partial charge on any atom is -0.508 e. The highest BCUT2D eigenvalue weighted by atomic mass is 32.1. The molecule has 16 heavy (non-hydrogen) atoms. The molecule has 2 amide bonds. The van der Waals surface area contributed by atoms with E-state index in [0.29, 0.717) is 10.2 Å². The van der Waals surface area contributed by atoms with Crippen molar-refractivity contribution in [3.8, 4) is 5.75 Å². The lowest BCUT2D eigenvalue weighted by Gasteiger charge is -1.90. The van der Waals surface area contributed by atoms with Crippen LogP contribution >= 0.6 is 11.3 Å². The number of nitrogens with zero attached hydrogens (tertiary/aromatic N) is 2. The number of carbonyl (C=O) groups excluding carboxylic acids is 2. The molecule has 0 saturated carbocycles. The minimum atomic E-state index is -0.645. The molecule has 0 atom stereocenters. The fourth-order valence-electron chi connectivity index (χ4n) is 1.20. The second kappa shape index (κ2) is 3.90. The highest BCUT2D eigenvalue weighted by Crippen LogP contribution is 2.25. The lowest BCUT2D eigenvalue weighted by molar-refractivity contribution is -0.118. The third kappa shape index (κ3) is 2.01. The number of phenolic OH excluding ortho intramolecular Hbond substituents is 1. The smallest absolute Gasteiger partial charge is 0.309 e. The van der Waals surface area contributed by atoms with Crippen molar-refractivity contribution in [3.05, 3.63) is 23.2 Å². The lowest BCUT2D eigenvalue weighted by atomic mass is 10.3. The van der Waals surface area contributed by atoms with E-state index in [0.717, 1.165) is 11.3 Å². The van der Waals surface area contributed by atoms with Crippen molar-refractivity contribution in [1.29, 1.82) is 0 Å². The van der Waals surface area contributed by atoms with Crippen LogP contribution in [0.1, 0.15) is 16.7 Å². The summed E-state index contributed by atoms with van der Waals surface area (Å²) in [7, 11) is 0. The monoisotopic (exact) mass is 235 g/mol. The summed E-state index contributed by atoms with van der Waals surface area (Å²) in [5.74, 6) is -1.08. The first-order valence-electron chi connectivity index (χ1n) is 4.42. The van der Waals surface area contributed by atoms with Gasteiger partial charge in [0.05, 0.1) is 10.2 Å². The largest absolute Gasteiger partial charge is 0.508 e. The van der Waals surface area contributed by atoms with Crippen LogP contribution in [0.25, 0.3) is 10.2 Å². The van der Waals surface area contributed by atoms with E-state index in [9.17, 15) is 14.7 Å². The van der Waals surface area contributed by atoms with Gasteiger partial charge in [-0.25, -0.2) is 4.98 Å². The van der Waals surface area contributed by atoms with Crippen molar-refractivity contribution in [1.82, 2.24) is 10.3 Å². The zero-order chi connectivity index (χ0) is 11.7. The number of hydrogen-bond donors (Lipinski definition) is 1. The molecule has 0 bridgehead atoms. The Labute approximate surface area is 94.7 Å². The van der Waals surface area contributed by atoms with Crippen LogP contribution in [0.2, 0.25) is 0 Å². The third-order valence-corrected chi connectivity index (χ3v) is 2.82. The molecule has 2 aromatic rings. The Morgan fingerprint density at radius 2 is 2.19 bits per heavy atom. The number of rotatable bonds is 1. The summed E-state index contributed by atoms with van der Waals surface area (Å²) in [5, 5.41) is 12.7. The molecule has 0 spiro atoms. The van der Waals surface area contributed by atoms with E-state index in [-0.39, 0.29) is 10.8 Å². The number of phenols is 1. The lowest BCUT2D eigenvalue weighted by Crippen LogP contribution is -2.19. The molecule has 1 radical (unpaired) electrons. The maximum absolute atomic E-state index is 11.4. The predicted octanol–water partition coefficient (Wildman–Crippen LogP) is 1.29. The molecule has 0 fully saturated rings. The molecule has 0 aliphatic carbocycles. The van der Waals surface area contributed by atoms with Gasteiger partial charge in [0.1, 0.15) is 5.75 Å². The number of hydrogen-bond acceptors (Lipinski definition) is 5. The Kier molecular flexibility index (Phi) is 2.57. The molecular formula is C10H7N2O3S. The van der Waals surface area contributed by atoms with Crippen LogP contribution in [0.4, 0.5) is 0 Å². The molecule has 0 aliphatic rings. The summed E-state index contributed by atoms with van der Waals surface area (Å²) in [6.45, 7) is 1.21. The topological polar surface area (TPSA) is 81.4 Å². The molecule has 0 unspecified atom stereocenters. The van der Waals surface area contributed by atoms with E-state index in [2.05, 4.69) is 10.3 Å². The fraction of sp³-hybridized carbons (Fsp3) is 0.100. The quantitative estimate of drug-likeness (QED) is 0.807. The van der Waals surface area contributed by atoms with E-state index >= 15 is 0 Å². The first-order valence-corrected chi connectivity index (χ1v) is 5.24. The summed E-state index contributed by atoms with van der Waals surface area (Å²) in [5.41, 5.74) is 0.602. The van der Waals surface area contributed by atoms with Crippen molar-refractivity contribution in [2.75, 3.05) is 0 Å². The summed E-state index contributed by atoms with van der Waals surface area (Å²) >= 11 is 1.09. The molecule has 0 saturated heterocycles. The first-order chi connectivity index (χ1) is 7.56. The van der Waals surface area contributed by atoms with Crippen molar-refractivity contribution in [2.45, 2.75) is 6.92 Å². The number of imide groups is 1. The van der Waals surface area contributed by atoms with Gasteiger partial charge in [0.2, 0.25) is 5.91 Å². The zero-order valence-electron chi connectivity index (χ0n) is 8.30. The van der Waals surface area contributed by atoms with Crippen LogP contribution in [-0.4, -0.2) is 21.9 Å². The minimum absolute atomic E-state index is 0.110. The predicted molar refractivity (Wildman–Crippen MR) is 58.4 cm³/mol. The Hall–Kier alpha value is -1.95. The Morgan fingerprint density at radius 1 is 1.44 bits per heavy atom. The van der Waals surface area contributed by atoms with Crippen LogP contribution in [0.15, 0.2) is 18.2 Å². The molecule has 6 heteroatoms. The third-order valence-electron chi connectivity index (χ3n) is 1.81. The van der Waals surface area contributed by atoms with Gasteiger partial charge in [-0.05, 0) is 18.2 Å². The van der Waals surface area contributed by atoms with Gasteiger partial charge in [0.25, 0.3) is 0 Å². The molecular weight excluding hydrogens is 228 g/mol. The Balaban J connectivity index is 2.39. The van der Waals surface area contributed by atoms with E-state index in [1.54, 1.807) is 6.07 Å². The molecule has 81 valence electrons. The fourth-order valence-corrected chi connectivity index (χ4v) is 2.08. The van der Waals surface area contributed by atoms with Gasteiger partial charge in [-0.1, -0.05) is 0 Å². The van der Waals surface area contributed by atoms with Gasteiger partial charge in [-0.2, -0.15) is 5.32 Å². The summed E-state index contributed by atoms with van der Waals surface area (Å²) in [4.78, 5) is 26.1. The maximum Gasteiger partial charge on any atom is 0.309 e. The summed E-state index contributed by atoms with van der Waals surface area (Å²) < 4.78 is 0.683. The molecule has 0 aliphatic heterocycles. The number of thiazole rings is 1. The standard InChI is InChI=1S/C10H7N2O3S/c1-5(13)11-9(15)10-12-7-3-2-6(14)4-8(7)16-10/h2-4,14H,1H3. The van der Waals surface area contributed by atoms with Gasteiger partial charge >= 0.3 is 5.91 Å². The molecule has 1 heterocycles. The highest BCUT2D eigenvalue weighted by molar-refractivity contribution is 7.20. The van der Waals surface area contributed by atoms with Crippen LogP contribution in [0, 0.1) is 0 Å². The van der Waals surface area contributed by atoms with Gasteiger partial charge in [0.15, 0.2) is 5.01 Å². The number of aromatic nitrogens is 1. The van der Waals surface area contributed by atoms with Crippen LogP contribution in [0.5, 0.6) is 5.75 Å². The van der Waals surface area contributed by atoms with Crippen LogP contribution < -0.4 is 5.32 Å². The van der Waals surface area contributed by atoms with E-state index in [1.165, 1.54) is 19.1 Å². The van der Waals surface area contributed by atoms with E-state index < -0.39 is 11.8 Å². The van der Waals surface area contributed by atoms with Gasteiger partial charge in [0, 0.05) is 6.92 Å². The molecule has 5 nitrogen and oxygen atoms in total. The van der Waals surface area contributed by atoms with Crippen molar-refractivity contribution < 1.29 is 14.7 Å². The molecule has 1 N–H and O–H groups in total. The number of benzene rings is 1. The van der Waals surface area contributed by atoms with Crippen molar-refractivity contribution in [3.63, 3.8) is 0 Å². The SMILES string of the molecule is CC(=O)[N]C(=O)c1nc2ccc(O)cc2s1. The second-order valence-electron chi connectivity index (χ2n) is 3.11.